The third-order valence-corrected chi connectivity index (χ3v) is 4.48. The van der Waals surface area contributed by atoms with Crippen molar-refractivity contribution < 1.29 is 13.2 Å². The second-order valence-electron chi connectivity index (χ2n) is 4.97. The summed E-state index contributed by atoms with van der Waals surface area (Å²) in [6, 6.07) is 8.18. The van der Waals surface area contributed by atoms with E-state index in [1.807, 2.05) is 13.8 Å². The summed E-state index contributed by atoms with van der Waals surface area (Å²) in [5.74, 6) is 0.386. The largest absolute Gasteiger partial charge is 0.437 e. The van der Waals surface area contributed by atoms with Crippen LogP contribution in [-0.2, 0) is 22.7 Å². The monoisotopic (exact) mass is 331 g/mol. The first-order chi connectivity index (χ1) is 10.9. The molecule has 6 nitrogen and oxygen atoms in total. The Morgan fingerprint density at radius 3 is 2.52 bits per heavy atom. The van der Waals surface area contributed by atoms with Crippen LogP contribution in [0.1, 0.15) is 30.7 Å². The molecule has 7 heteroatoms. The van der Waals surface area contributed by atoms with Gasteiger partial charge in [0.2, 0.25) is 0 Å². The van der Waals surface area contributed by atoms with Gasteiger partial charge in [-0.05, 0) is 36.6 Å². The van der Waals surface area contributed by atoms with Crippen LogP contribution in [0, 0.1) is 11.3 Å². The third kappa shape index (κ3) is 3.66. The molecule has 0 aliphatic carbocycles. The van der Waals surface area contributed by atoms with Crippen LogP contribution in [0.25, 0.3) is 0 Å². The van der Waals surface area contributed by atoms with E-state index in [-0.39, 0.29) is 10.8 Å². The van der Waals surface area contributed by atoms with Gasteiger partial charge in [0.05, 0.1) is 10.6 Å². The average molecular weight is 331 g/mol. The lowest BCUT2D eigenvalue weighted by molar-refractivity contribution is 0.449. The normalized spacial score (nSPS) is 11.0. The number of hydrogen-bond acceptors (Lipinski definition) is 6. The minimum atomic E-state index is -3.34. The van der Waals surface area contributed by atoms with Gasteiger partial charge >= 0.3 is 0 Å². The highest BCUT2D eigenvalue weighted by Crippen LogP contribution is 2.27. The van der Waals surface area contributed by atoms with Crippen molar-refractivity contribution in [3.8, 4) is 17.7 Å². The van der Waals surface area contributed by atoms with Crippen LogP contribution in [0.15, 0.2) is 29.2 Å². The summed E-state index contributed by atoms with van der Waals surface area (Å²) < 4.78 is 28.8. The summed E-state index contributed by atoms with van der Waals surface area (Å²) in [7, 11) is -3.34. The molecule has 1 aromatic heterocycles. The quantitative estimate of drug-likeness (QED) is 0.836. The molecule has 0 saturated heterocycles. The minimum Gasteiger partial charge on any atom is -0.437 e. The summed E-state index contributed by atoms with van der Waals surface area (Å²) in [6.07, 6.45) is 2.44. The topological polar surface area (TPSA) is 92.9 Å². The molecular formula is C16H17N3O3S. The lowest BCUT2D eigenvalue weighted by Crippen LogP contribution is -2.05. The Kier molecular flexibility index (Phi) is 4.96. The first kappa shape index (κ1) is 16.9. The molecule has 1 aromatic carbocycles. The standard InChI is InChI=1S/C16H17N3O3S/c1-4-13-14(10-17)16(19-18-15(13)5-2)22-11-7-6-8-12(9-11)23(3,20)21/h6-9H,4-5H2,1-3H3. The van der Waals surface area contributed by atoms with Gasteiger partial charge in [-0.3, -0.25) is 0 Å². The molecule has 0 aliphatic heterocycles. The van der Waals surface area contributed by atoms with Crippen LogP contribution in [0.5, 0.6) is 11.6 Å². The van der Waals surface area contributed by atoms with Crippen LogP contribution in [0.3, 0.4) is 0 Å². The molecule has 0 radical (unpaired) electrons. The predicted octanol–water partition coefficient (Wildman–Crippen LogP) is 2.67. The zero-order chi connectivity index (χ0) is 17.0. The molecule has 0 aliphatic rings. The summed E-state index contributed by atoms with van der Waals surface area (Å²) in [6.45, 7) is 3.88. The molecule has 0 N–H and O–H groups in total. The third-order valence-electron chi connectivity index (χ3n) is 3.37. The zero-order valence-electron chi connectivity index (χ0n) is 13.2. The fourth-order valence-corrected chi connectivity index (χ4v) is 2.88. The minimum absolute atomic E-state index is 0.0900. The van der Waals surface area contributed by atoms with Gasteiger partial charge in [-0.15, -0.1) is 5.10 Å². The molecule has 0 amide bonds. The van der Waals surface area contributed by atoms with Crippen LogP contribution in [0.4, 0.5) is 0 Å². The van der Waals surface area contributed by atoms with E-state index in [0.717, 1.165) is 17.5 Å². The van der Waals surface area contributed by atoms with Gasteiger partial charge in [0.1, 0.15) is 17.4 Å². The fraction of sp³-hybridized carbons (Fsp3) is 0.312. The van der Waals surface area contributed by atoms with Crippen molar-refractivity contribution in [3.05, 3.63) is 41.1 Å². The number of aromatic nitrogens is 2. The highest BCUT2D eigenvalue weighted by molar-refractivity contribution is 7.90. The molecule has 0 saturated carbocycles. The van der Waals surface area contributed by atoms with Crippen molar-refractivity contribution in [2.24, 2.45) is 0 Å². The van der Waals surface area contributed by atoms with Crippen molar-refractivity contribution in [1.82, 2.24) is 10.2 Å². The number of sulfone groups is 1. The van der Waals surface area contributed by atoms with E-state index in [1.54, 1.807) is 12.1 Å². The molecule has 0 unspecified atom stereocenters. The summed E-state index contributed by atoms with van der Waals surface area (Å²) >= 11 is 0. The molecule has 0 bridgehead atoms. The molecule has 120 valence electrons. The van der Waals surface area contributed by atoms with Crippen LogP contribution in [0.2, 0.25) is 0 Å². The van der Waals surface area contributed by atoms with Crippen LogP contribution < -0.4 is 4.74 Å². The van der Waals surface area contributed by atoms with E-state index in [0.29, 0.717) is 24.2 Å². The SMILES string of the molecule is CCc1nnc(Oc2cccc(S(C)(=O)=O)c2)c(C#N)c1CC. The van der Waals surface area contributed by atoms with Crippen molar-refractivity contribution in [1.29, 1.82) is 5.26 Å². The smallest absolute Gasteiger partial charge is 0.257 e. The van der Waals surface area contributed by atoms with Crippen molar-refractivity contribution in [2.75, 3.05) is 6.26 Å². The molecule has 1 heterocycles. The van der Waals surface area contributed by atoms with E-state index in [1.165, 1.54) is 12.1 Å². The van der Waals surface area contributed by atoms with E-state index in [4.69, 9.17) is 4.74 Å². The van der Waals surface area contributed by atoms with Crippen LogP contribution in [-0.4, -0.2) is 24.9 Å². The Morgan fingerprint density at radius 1 is 1.22 bits per heavy atom. The molecule has 0 fully saturated rings. The maximum Gasteiger partial charge on any atom is 0.257 e. The van der Waals surface area contributed by atoms with Gasteiger partial charge in [0.15, 0.2) is 9.84 Å². The lowest BCUT2D eigenvalue weighted by atomic mass is 10.0. The molecule has 0 atom stereocenters. The number of ether oxygens (including phenoxy) is 1. The summed E-state index contributed by atoms with van der Waals surface area (Å²) in [5.41, 5.74) is 1.91. The molecule has 23 heavy (non-hydrogen) atoms. The van der Waals surface area contributed by atoms with Gasteiger partial charge in [0, 0.05) is 6.26 Å². The Hall–Kier alpha value is -2.46. The van der Waals surface area contributed by atoms with Crippen molar-refractivity contribution in [3.63, 3.8) is 0 Å². The first-order valence-electron chi connectivity index (χ1n) is 7.17. The number of rotatable bonds is 5. The van der Waals surface area contributed by atoms with Gasteiger partial charge in [0.25, 0.3) is 5.88 Å². The van der Waals surface area contributed by atoms with Gasteiger partial charge in [-0.2, -0.15) is 10.4 Å². The number of nitrogens with zero attached hydrogens (tertiary/aromatic N) is 3. The second kappa shape index (κ2) is 6.75. The summed E-state index contributed by atoms with van der Waals surface area (Å²) in [5, 5.41) is 17.5. The Labute approximate surface area is 135 Å². The fourth-order valence-electron chi connectivity index (χ4n) is 2.22. The van der Waals surface area contributed by atoms with Gasteiger partial charge < -0.3 is 4.74 Å². The Bertz CT molecular complexity index is 871. The second-order valence-corrected chi connectivity index (χ2v) is 6.99. The maximum atomic E-state index is 11.6. The first-order valence-corrected chi connectivity index (χ1v) is 9.06. The van der Waals surface area contributed by atoms with E-state index in [9.17, 15) is 13.7 Å². The van der Waals surface area contributed by atoms with Gasteiger partial charge in [-0.25, -0.2) is 8.42 Å². The Balaban J connectivity index is 2.47. The maximum absolute atomic E-state index is 11.6. The molecular weight excluding hydrogens is 314 g/mol. The predicted molar refractivity (Wildman–Crippen MR) is 85.1 cm³/mol. The van der Waals surface area contributed by atoms with Crippen molar-refractivity contribution >= 4 is 9.84 Å². The Morgan fingerprint density at radius 2 is 1.96 bits per heavy atom. The van der Waals surface area contributed by atoms with Crippen molar-refractivity contribution in [2.45, 2.75) is 31.6 Å². The van der Waals surface area contributed by atoms with E-state index < -0.39 is 9.84 Å². The lowest BCUT2D eigenvalue weighted by Gasteiger charge is -2.11. The number of aryl methyl sites for hydroxylation is 1. The summed E-state index contributed by atoms with van der Waals surface area (Å²) in [4.78, 5) is 0.141. The number of nitriles is 1. The average Bonchev–Trinajstić information content (AvgIpc) is 2.53. The van der Waals surface area contributed by atoms with E-state index >= 15 is 0 Å². The van der Waals surface area contributed by atoms with E-state index in [2.05, 4.69) is 16.3 Å². The van der Waals surface area contributed by atoms with Gasteiger partial charge in [-0.1, -0.05) is 19.9 Å². The molecule has 0 spiro atoms. The zero-order valence-corrected chi connectivity index (χ0v) is 14.0. The van der Waals surface area contributed by atoms with Crippen LogP contribution >= 0.6 is 0 Å². The number of benzene rings is 1. The highest BCUT2D eigenvalue weighted by atomic mass is 32.2. The number of hydrogen-bond donors (Lipinski definition) is 0. The molecule has 2 rings (SSSR count). The molecule has 2 aromatic rings. The highest BCUT2D eigenvalue weighted by Gasteiger charge is 2.17.